The fourth-order valence-electron chi connectivity index (χ4n) is 3.09. The Balaban J connectivity index is 1.70. The molecule has 1 heterocycles. The summed E-state index contributed by atoms with van der Waals surface area (Å²) in [5, 5.41) is 13.2. The number of anilines is 1. The molecule has 5 heteroatoms. The molecule has 0 aliphatic heterocycles. The molecule has 2 aromatic rings. The summed E-state index contributed by atoms with van der Waals surface area (Å²) in [6.45, 7) is 0. The summed E-state index contributed by atoms with van der Waals surface area (Å²) in [6, 6.07) is 7.61. The smallest absolute Gasteiger partial charge is 0.227 e. The number of carbonyl (C=O) groups excluding carboxylic acids is 1. The highest BCUT2D eigenvalue weighted by atomic mass is 16.3. The third kappa shape index (κ3) is 3.20. The predicted octanol–water partition coefficient (Wildman–Crippen LogP) is 2.72. The van der Waals surface area contributed by atoms with Gasteiger partial charge in [0.1, 0.15) is 5.82 Å². The van der Waals surface area contributed by atoms with Gasteiger partial charge in [-0.05, 0) is 25.0 Å². The molecule has 0 bridgehead atoms. The molecule has 5 nitrogen and oxygen atoms in total. The summed E-state index contributed by atoms with van der Waals surface area (Å²) in [6.07, 6.45) is 7.23. The molecule has 0 radical (unpaired) electrons. The monoisotopic (exact) mass is 299 g/mol. The van der Waals surface area contributed by atoms with Gasteiger partial charge in [0.25, 0.3) is 0 Å². The number of aliphatic hydroxyl groups is 1. The molecule has 116 valence electrons. The zero-order chi connectivity index (χ0) is 15.6. The van der Waals surface area contributed by atoms with Crippen molar-refractivity contribution in [2.75, 3.05) is 5.32 Å². The SMILES string of the molecule is Cn1ccnc1-c1cccc(NC(=O)CC2(O)CCCC2)c1. The summed E-state index contributed by atoms with van der Waals surface area (Å²) in [5.74, 6) is 0.715. The molecular formula is C17H21N3O2. The Morgan fingerprint density at radius 3 is 2.86 bits per heavy atom. The summed E-state index contributed by atoms with van der Waals surface area (Å²) >= 11 is 0. The minimum Gasteiger partial charge on any atom is -0.389 e. The Bertz CT molecular complexity index is 672. The summed E-state index contributed by atoms with van der Waals surface area (Å²) in [5.41, 5.74) is 0.860. The van der Waals surface area contributed by atoms with Crippen LogP contribution in [0.3, 0.4) is 0 Å². The van der Waals surface area contributed by atoms with Gasteiger partial charge in [-0.2, -0.15) is 0 Å². The van der Waals surface area contributed by atoms with Crippen LogP contribution in [0.25, 0.3) is 11.4 Å². The van der Waals surface area contributed by atoms with Gasteiger partial charge >= 0.3 is 0 Å². The molecule has 1 aromatic carbocycles. The Morgan fingerprint density at radius 1 is 1.41 bits per heavy atom. The van der Waals surface area contributed by atoms with Crippen molar-refractivity contribution in [1.82, 2.24) is 9.55 Å². The van der Waals surface area contributed by atoms with Crippen LogP contribution in [0.1, 0.15) is 32.1 Å². The van der Waals surface area contributed by atoms with E-state index in [1.165, 1.54) is 0 Å². The quantitative estimate of drug-likeness (QED) is 0.912. The van der Waals surface area contributed by atoms with Gasteiger partial charge in [0.2, 0.25) is 5.91 Å². The molecule has 3 rings (SSSR count). The maximum absolute atomic E-state index is 12.1. The van der Waals surface area contributed by atoms with Crippen LogP contribution in [0.5, 0.6) is 0 Å². The average Bonchev–Trinajstić information content (AvgIpc) is 3.07. The summed E-state index contributed by atoms with van der Waals surface area (Å²) in [7, 11) is 1.93. The highest BCUT2D eigenvalue weighted by Crippen LogP contribution is 2.32. The van der Waals surface area contributed by atoms with Crippen LogP contribution in [0.15, 0.2) is 36.7 Å². The minimum atomic E-state index is -0.818. The van der Waals surface area contributed by atoms with Crippen LogP contribution < -0.4 is 5.32 Å². The first-order chi connectivity index (χ1) is 10.6. The Hall–Kier alpha value is -2.14. The van der Waals surface area contributed by atoms with E-state index in [0.717, 1.165) is 29.9 Å². The molecule has 1 aromatic heterocycles. The lowest BCUT2D eigenvalue weighted by atomic mass is 9.97. The third-order valence-electron chi connectivity index (χ3n) is 4.25. The first-order valence-electron chi connectivity index (χ1n) is 7.66. The Kier molecular flexibility index (Phi) is 3.98. The highest BCUT2D eigenvalue weighted by molar-refractivity contribution is 5.92. The second-order valence-corrected chi connectivity index (χ2v) is 6.10. The maximum atomic E-state index is 12.1. The van der Waals surface area contributed by atoms with Crippen LogP contribution in [0.2, 0.25) is 0 Å². The van der Waals surface area contributed by atoms with Gasteiger partial charge < -0.3 is 15.0 Å². The van der Waals surface area contributed by atoms with Crippen molar-refractivity contribution in [2.24, 2.45) is 7.05 Å². The number of benzene rings is 1. The van der Waals surface area contributed by atoms with Gasteiger partial charge in [-0.1, -0.05) is 25.0 Å². The molecule has 0 spiro atoms. The van der Waals surface area contributed by atoms with Crippen LogP contribution in [-0.4, -0.2) is 26.2 Å². The van der Waals surface area contributed by atoms with Crippen LogP contribution in [-0.2, 0) is 11.8 Å². The number of amides is 1. The molecule has 1 amide bonds. The van der Waals surface area contributed by atoms with Gasteiger partial charge in [-0.25, -0.2) is 4.98 Å². The van der Waals surface area contributed by atoms with E-state index < -0.39 is 5.60 Å². The second-order valence-electron chi connectivity index (χ2n) is 6.10. The number of aromatic nitrogens is 2. The normalized spacial score (nSPS) is 16.6. The third-order valence-corrected chi connectivity index (χ3v) is 4.25. The molecule has 1 aliphatic carbocycles. The van der Waals surface area contributed by atoms with E-state index in [-0.39, 0.29) is 12.3 Å². The van der Waals surface area contributed by atoms with E-state index >= 15 is 0 Å². The van der Waals surface area contributed by atoms with E-state index in [0.29, 0.717) is 12.8 Å². The van der Waals surface area contributed by atoms with Crippen molar-refractivity contribution in [3.8, 4) is 11.4 Å². The minimum absolute atomic E-state index is 0.138. The number of aryl methyl sites for hydroxylation is 1. The molecule has 0 unspecified atom stereocenters. The highest BCUT2D eigenvalue weighted by Gasteiger charge is 2.33. The van der Waals surface area contributed by atoms with Crippen molar-refractivity contribution in [3.05, 3.63) is 36.7 Å². The average molecular weight is 299 g/mol. The number of nitrogens with one attached hydrogen (secondary N) is 1. The molecule has 1 aliphatic rings. The van der Waals surface area contributed by atoms with E-state index in [2.05, 4.69) is 10.3 Å². The van der Waals surface area contributed by atoms with Gasteiger partial charge in [0.05, 0.1) is 12.0 Å². The largest absolute Gasteiger partial charge is 0.389 e. The molecule has 22 heavy (non-hydrogen) atoms. The zero-order valence-electron chi connectivity index (χ0n) is 12.7. The fourth-order valence-corrected chi connectivity index (χ4v) is 3.09. The summed E-state index contributed by atoms with van der Waals surface area (Å²) < 4.78 is 1.93. The Labute approximate surface area is 130 Å². The predicted molar refractivity (Wildman–Crippen MR) is 85.3 cm³/mol. The fraction of sp³-hybridized carbons (Fsp3) is 0.412. The topological polar surface area (TPSA) is 67.2 Å². The number of imidazole rings is 1. The van der Waals surface area contributed by atoms with E-state index in [9.17, 15) is 9.90 Å². The van der Waals surface area contributed by atoms with Crippen LogP contribution in [0.4, 0.5) is 5.69 Å². The van der Waals surface area contributed by atoms with E-state index in [1.807, 2.05) is 42.1 Å². The number of carbonyl (C=O) groups is 1. The maximum Gasteiger partial charge on any atom is 0.227 e. The lowest BCUT2D eigenvalue weighted by Crippen LogP contribution is -2.30. The van der Waals surface area contributed by atoms with Gasteiger partial charge in [0.15, 0.2) is 0 Å². The van der Waals surface area contributed by atoms with Gasteiger partial charge in [-0.15, -0.1) is 0 Å². The molecule has 2 N–H and O–H groups in total. The molecule has 0 saturated heterocycles. The molecule has 1 fully saturated rings. The second kappa shape index (κ2) is 5.93. The van der Waals surface area contributed by atoms with Crippen LogP contribution >= 0.6 is 0 Å². The molecule has 0 atom stereocenters. The standard InChI is InChI=1S/C17H21N3O2/c1-20-10-9-18-16(20)13-5-4-6-14(11-13)19-15(21)12-17(22)7-2-3-8-17/h4-6,9-11,22H,2-3,7-8,12H2,1H3,(H,19,21). The van der Waals surface area contributed by atoms with E-state index in [4.69, 9.17) is 0 Å². The zero-order valence-corrected chi connectivity index (χ0v) is 12.7. The molecular weight excluding hydrogens is 278 g/mol. The number of hydrogen-bond acceptors (Lipinski definition) is 3. The van der Waals surface area contributed by atoms with Crippen molar-refractivity contribution < 1.29 is 9.90 Å². The number of hydrogen-bond donors (Lipinski definition) is 2. The first-order valence-corrected chi connectivity index (χ1v) is 7.66. The summed E-state index contributed by atoms with van der Waals surface area (Å²) in [4.78, 5) is 16.5. The lowest BCUT2D eigenvalue weighted by Gasteiger charge is -2.21. The van der Waals surface area contributed by atoms with Crippen molar-refractivity contribution in [1.29, 1.82) is 0 Å². The Morgan fingerprint density at radius 2 is 2.18 bits per heavy atom. The number of rotatable bonds is 4. The van der Waals surface area contributed by atoms with Crippen molar-refractivity contribution in [3.63, 3.8) is 0 Å². The first kappa shape index (κ1) is 14.8. The number of nitrogens with zero attached hydrogens (tertiary/aromatic N) is 2. The molecule has 1 saturated carbocycles. The van der Waals surface area contributed by atoms with Crippen LogP contribution in [0, 0.1) is 0 Å². The lowest BCUT2D eigenvalue weighted by molar-refractivity contribution is -0.120. The van der Waals surface area contributed by atoms with Crippen molar-refractivity contribution >= 4 is 11.6 Å². The van der Waals surface area contributed by atoms with Gasteiger partial charge in [-0.3, -0.25) is 4.79 Å². The van der Waals surface area contributed by atoms with Gasteiger partial charge in [0, 0.05) is 30.7 Å². The van der Waals surface area contributed by atoms with Crippen molar-refractivity contribution in [2.45, 2.75) is 37.7 Å². The van der Waals surface area contributed by atoms with E-state index in [1.54, 1.807) is 6.20 Å².